The summed E-state index contributed by atoms with van der Waals surface area (Å²) in [4.78, 5) is 10.8. The highest BCUT2D eigenvalue weighted by atomic mass is 16.4. The zero-order valence-electron chi connectivity index (χ0n) is 10.4. The Hall–Kier alpha value is -2.33. The standard InChI is InChI=1S/C15H16N2O2/c16-13(15(18)19)10-11-5-4-6-12(9-11)14-7-2-1-3-8-17-14/h1-9,13,17H,10,16H2,(H,18,19)/t13-/m0/s1. The van der Waals surface area contributed by atoms with Crippen LogP contribution in [0, 0.1) is 0 Å². The van der Waals surface area contributed by atoms with Crippen LogP contribution in [0.4, 0.5) is 0 Å². The summed E-state index contributed by atoms with van der Waals surface area (Å²) in [6.45, 7) is 0. The SMILES string of the molecule is N[C@@H](Cc1cccc(C2=CC=CC=CN2)c1)C(=O)O. The van der Waals surface area contributed by atoms with Crippen LogP contribution >= 0.6 is 0 Å². The van der Waals surface area contributed by atoms with Gasteiger partial charge in [-0.2, -0.15) is 0 Å². The van der Waals surface area contributed by atoms with E-state index >= 15 is 0 Å². The van der Waals surface area contributed by atoms with E-state index in [1.807, 2.05) is 54.8 Å². The molecule has 0 aromatic heterocycles. The molecule has 1 heterocycles. The zero-order chi connectivity index (χ0) is 13.7. The number of rotatable bonds is 4. The quantitative estimate of drug-likeness (QED) is 0.765. The summed E-state index contributed by atoms with van der Waals surface area (Å²) in [6.07, 6.45) is 9.93. The first-order valence-electron chi connectivity index (χ1n) is 6.04. The van der Waals surface area contributed by atoms with E-state index < -0.39 is 12.0 Å². The van der Waals surface area contributed by atoms with Crippen LogP contribution < -0.4 is 11.1 Å². The van der Waals surface area contributed by atoms with Crippen LogP contribution in [0.25, 0.3) is 5.70 Å². The molecule has 4 nitrogen and oxygen atoms in total. The predicted octanol–water partition coefficient (Wildman–Crippen LogP) is 1.66. The lowest BCUT2D eigenvalue weighted by Crippen LogP contribution is -2.32. The average molecular weight is 256 g/mol. The Balaban J connectivity index is 2.19. The zero-order valence-corrected chi connectivity index (χ0v) is 10.4. The maximum absolute atomic E-state index is 10.8. The van der Waals surface area contributed by atoms with Crippen LogP contribution in [0.3, 0.4) is 0 Å². The molecule has 1 aliphatic rings. The van der Waals surface area contributed by atoms with E-state index in [0.29, 0.717) is 6.42 Å². The van der Waals surface area contributed by atoms with Gasteiger partial charge >= 0.3 is 5.97 Å². The molecular formula is C15H16N2O2. The van der Waals surface area contributed by atoms with Gasteiger partial charge in [0.1, 0.15) is 6.04 Å². The number of nitrogens with two attached hydrogens (primary N) is 1. The minimum atomic E-state index is -0.983. The summed E-state index contributed by atoms with van der Waals surface area (Å²) in [5, 5.41) is 12.0. The van der Waals surface area contributed by atoms with Gasteiger partial charge in [0, 0.05) is 11.9 Å². The molecule has 0 saturated heterocycles. The summed E-state index contributed by atoms with van der Waals surface area (Å²) in [5.74, 6) is -0.983. The Labute approximate surface area is 111 Å². The number of hydrogen-bond acceptors (Lipinski definition) is 3. The van der Waals surface area contributed by atoms with E-state index in [2.05, 4.69) is 5.32 Å². The molecule has 19 heavy (non-hydrogen) atoms. The lowest BCUT2D eigenvalue weighted by Gasteiger charge is -2.10. The normalized spacial score (nSPS) is 15.3. The number of hydrogen-bond donors (Lipinski definition) is 3. The molecule has 98 valence electrons. The maximum atomic E-state index is 10.8. The third-order valence-electron chi connectivity index (χ3n) is 2.83. The lowest BCUT2D eigenvalue weighted by atomic mass is 10.0. The van der Waals surface area contributed by atoms with Crippen molar-refractivity contribution < 1.29 is 9.90 Å². The number of benzene rings is 1. The molecule has 2 rings (SSSR count). The van der Waals surface area contributed by atoms with Crippen molar-refractivity contribution >= 4 is 11.7 Å². The van der Waals surface area contributed by atoms with Crippen LogP contribution in [-0.2, 0) is 11.2 Å². The number of nitrogens with one attached hydrogen (secondary N) is 1. The van der Waals surface area contributed by atoms with Crippen molar-refractivity contribution in [1.82, 2.24) is 5.32 Å². The molecule has 1 atom stereocenters. The molecule has 4 heteroatoms. The number of aliphatic carboxylic acids is 1. The van der Waals surface area contributed by atoms with E-state index in [-0.39, 0.29) is 0 Å². The van der Waals surface area contributed by atoms with Gasteiger partial charge in [-0.1, -0.05) is 30.4 Å². The summed E-state index contributed by atoms with van der Waals surface area (Å²) < 4.78 is 0. The van der Waals surface area contributed by atoms with Gasteiger partial charge in [0.05, 0.1) is 0 Å². The minimum Gasteiger partial charge on any atom is -0.480 e. The van der Waals surface area contributed by atoms with Crippen LogP contribution in [0.15, 0.2) is 54.8 Å². The first kappa shape index (κ1) is 13.1. The van der Waals surface area contributed by atoms with Gasteiger partial charge in [-0.3, -0.25) is 4.79 Å². The second kappa shape index (κ2) is 6.02. The van der Waals surface area contributed by atoms with Crippen LogP contribution in [0.2, 0.25) is 0 Å². The Bertz CT molecular complexity index is 559. The highest BCUT2D eigenvalue weighted by Crippen LogP contribution is 2.16. The minimum absolute atomic E-state index is 0.322. The Morgan fingerprint density at radius 3 is 2.95 bits per heavy atom. The summed E-state index contributed by atoms with van der Waals surface area (Å²) in [7, 11) is 0. The van der Waals surface area contributed by atoms with Gasteiger partial charge in [0.2, 0.25) is 0 Å². The molecule has 0 saturated carbocycles. The molecule has 1 aliphatic heterocycles. The summed E-state index contributed by atoms with van der Waals surface area (Å²) >= 11 is 0. The molecule has 0 amide bonds. The molecule has 0 unspecified atom stereocenters. The van der Waals surface area contributed by atoms with Gasteiger partial charge in [0.15, 0.2) is 0 Å². The first-order chi connectivity index (χ1) is 9.16. The van der Waals surface area contributed by atoms with E-state index in [1.165, 1.54) is 0 Å². The molecule has 0 radical (unpaired) electrons. The monoisotopic (exact) mass is 256 g/mol. The Morgan fingerprint density at radius 2 is 2.16 bits per heavy atom. The third kappa shape index (κ3) is 3.56. The average Bonchev–Trinajstić information content (AvgIpc) is 2.67. The first-order valence-corrected chi connectivity index (χ1v) is 6.04. The highest BCUT2D eigenvalue weighted by Gasteiger charge is 2.12. The van der Waals surface area contributed by atoms with Crippen molar-refractivity contribution in [2.24, 2.45) is 5.73 Å². The summed E-state index contributed by atoms with van der Waals surface area (Å²) in [6, 6.07) is 6.84. The maximum Gasteiger partial charge on any atom is 0.320 e. The Morgan fingerprint density at radius 1 is 1.32 bits per heavy atom. The van der Waals surface area contributed by atoms with E-state index in [1.54, 1.807) is 0 Å². The Kier molecular flexibility index (Phi) is 4.15. The number of carboxylic acids is 1. The fourth-order valence-corrected chi connectivity index (χ4v) is 1.84. The van der Waals surface area contributed by atoms with E-state index in [0.717, 1.165) is 16.8 Å². The number of carboxylic acid groups (broad SMARTS) is 1. The van der Waals surface area contributed by atoms with Gasteiger partial charge < -0.3 is 16.2 Å². The predicted molar refractivity (Wildman–Crippen MR) is 75.1 cm³/mol. The smallest absolute Gasteiger partial charge is 0.320 e. The lowest BCUT2D eigenvalue weighted by molar-refractivity contribution is -0.138. The molecule has 1 aromatic carbocycles. The topological polar surface area (TPSA) is 75.3 Å². The van der Waals surface area contributed by atoms with Crippen molar-refractivity contribution in [3.05, 3.63) is 65.9 Å². The molecule has 0 bridgehead atoms. The van der Waals surface area contributed by atoms with Crippen LogP contribution in [0.1, 0.15) is 11.1 Å². The van der Waals surface area contributed by atoms with Crippen molar-refractivity contribution in [3.8, 4) is 0 Å². The fraction of sp³-hybridized carbons (Fsp3) is 0.133. The molecule has 4 N–H and O–H groups in total. The molecule has 1 aromatic rings. The second-order valence-corrected chi connectivity index (χ2v) is 4.32. The van der Waals surface area contributed by atoms with Crippen LogP contribution in [-0.4, -0.2) is 17.1 Å². The van der Waals surface area contributed by atoms with Crippen molar-refractivity contribution in [2.45, 2.75) is 12.5 Å². The van der Waals surface area contributed by atoms with Gasteiger partial charge in [-0.15, -0.1) is 0 Å². The summed E-state index contributed by atoms with van der Waals surface area (Å²) in [5.41, 5.74) is 8.43. The van der Waals surface area contributed by atoms with Gasteiger partial charge in [0.25, 0.3) is 0 Å². The van der Waals surface area contributed by atoms with Crippen LogP contribution in [0.5, 0.6) is 0 Å². The molecular weight excluding hydrogens is 240 g/mol. The molecule has 0 aliphatic carbocycles. The van der Waals surface area contributed by atoms with Crippen molar-refractivity contribution in [2.75, 3.05) is 0 Å². The molecule has 0 fully saturated rings. The largest absolute Gasteiger partial charge is 0.480 e. The van der Waals surface area contributed by atoms with E-state index in [9.17, 15) is 4.79 Å². The second-order valence-electron chi connectivity index (χ2n) is 4.32. The van der Waals surface area contributed by atoms with E-state index in [4.69, 9.17) is 10.8 Å². The van der Waals surface area contributed by atoms with Crippen molar-refractivity contribution in [1.29, 1.82) is 0 Å². The fourth-order valence-electron chi connectivity index (χ4n) is 1.84. The third-order valence-corrected chi connectivity index (χ3v) is 2.83. The van der Waals surface area contributed by atoms with Gasteiger partial charge in [-0.05, 0) is 35.8 Å². The van der Waals surface area contributed by atoms with Crippen molar-refractivity contribution in [3.63, 3.8) is 0 Å². The highest BCUT2D eigenvalue weighted by molar-refractivity contribution is 5.74. The number of carbonyl (C=O) groups is 1. The molecule has 0 spiro atoms. The van der Waals surface area contributed by atoms with Gasteiger partial charge in [-0.25, -0.2) is 0 Å². The number of allylic oxidation sites excluding steroid dienone is 4.